The molecule has 0 aromatic heterocycles. The lowest BCUT2D eigenvalue weighted by Gasteiger charge is -2.34. The number of carbonyl (C=O) groups excluding carboxylic acids is 2. The molecule has 1 fully saturated rings. The number of benzene rings is 2. The molecule has 1 heterocycles. The van der Waals surface area contributed by atoms with Gasteiger partial charge >= 0.3 is 5.97 Å². The zero-order valence-electron chi connectivity index (χ0n) is 17.3. The van der Waals surface area contributed by atoms with E-state index < -0.39 is 11.8 Å². The first kappa shape index (κ1) is 23.9. The molecule has 7 nitrogen and oxygen atoms in total. The molecule has 1 unspecified atom stereocenters. The van der Waals surface area contributed by atoms with Crippen molar-refractivity contribution in [2.45, 2.75) is 12.5 Å². The molecule has 0 aliphatic carbocycles. The number of carbonyl (C=O) groups is 2. The molecule has 170 valence electrons. The molecule has 2 aromatic rings. The summed E-state index contributed by atoms with van der Waals surface area (Å²) >= 11 is 11.3. The van der Waals surface area contributed by atoms with E-state index in [1.54, 1.807) is 24.3 Å². The van der Waals surface area contributed by atoms with Gasteiger partial charge in [-0.25, -0.2) is 4.39 Å². The highest BCUT2D eigenvalue weighted by Gasteiger charge is 2.23. The van der Waals surface area contributed by atoms with Crippen LogP contribution in [0.5, 0.6) is 5.75 Å². The van der Waals surface area contributed by atoms with Crippen molar-refractivity contribution < 1.29 is 28.2 Å². The fraction of sp³-hybridized carbons (Fsp3) is 0.318. The van der Waals surface area contributed by atoms with Crippen LogP contribution < -0.4 is 10.1 Å². The fourth-order valence-electron chi connectivity index (χ4n) is 3.02. The van der Waals surface area contributed by atoms with E-state index in [1.807, 2.05) is 4.90 Å². The molecule has 0 saturated carbocycles. The second kappa shape index (κ2) is 11.2. The van der Waals surface area contributed by atoms with Gasteiger partial charge in [0, 0.05) is 23.7 Å². The highest BCUT2D eigenvalue weighted by Crippen LogP contribution is 2.21. The molecule has 10 heteroatoms. The quantitative estimate of drug-likeness (QED) is 0.278. The number of rotatable bonds is 7. The van der Waals surface area contributed by atoms with Gasteiger partial charge in [0.05, 0.1) is 19.4 Å². The Morgan fingerprint density at radius 1 is 1.28 bits per heavy atom. The predicted molar refractivity (Wildman–Crippen MR) is 122 cm³/mol. The summed E-state index contributed by atoms with van der Waals surface area (Å²) in [5, 5.41) is 3.66. The summed E-state index contributed by atoms with van der Waals surface area (Å²) in [6.45, 7) is 1.72. The number of anilines is 1. The van der Waals surface area contributed by atoms with Crippen LogP contribution in [-0.2, 0) is 14.3 Å². The van der Waals surface area contributed by atoms with E-state index >= 15 is 0 Å². The van der Waals surface area contributed by atoms with Crippen LogP contribution in [0.3, 0.4) is 0 Å². The minimum Gasteiger partial charge on any atom is -0.491 e. The van der Waals surface area contributed by atoms with Crippen molar-refractivity contribution in [3.63, 3.8) is 0 Å². The standard InChI is InChI=1S/C22H22ClFN2O5S/c1-29-21(28)11-20(27)14-2-5-16(6-3-14)31-13-17-12-26(8-9-30-17)22(32)25-19-10-15(23)4-7-18(19)24/h2-7,10,17H,8-9,11-13H2,1H3,(H,25,32). The van der Waals surface area contributed by atoms with Crippen LogP contribution in [-0.4, -0.2) is 61.3 Å². The lowest BCUT2D eigenvalue weighted by molar-refractivity contribution is -0.139. The number of methoxy groups -OCH3 is 1. The second-order valence-electron chi connectivity index (χ2n) is 7.00. The molecular formula is C22H22ClFN2O5S. The number of ether oxygens (including phenoxy) is 3. The second-order valence-corrected chi connectivity index (χ2v) is 7.83. The zero-order valence-corrected chi connectivity index (χ0v) is 18.9. The first-order valence-electron chi connectivity index (χ1n) is 9.81. The topological polar surface area (TPSA) is 77.1 Å². The molecule has 0 amide bonds. The minimum atomic E-state index is -0.583. The molecule has 1 aliphatic heterocycles. The Bertz CT molecular complexity index is 989. The van der Waals surface area contributed by atoms with Gasteiger partial charge < -0.3 is 24.4 Å². The summed E-state index contributed by atoms with van der Waals surface area (Å²) in [7, 11) is 1.24. The van der Waals surface area contributed by atoms with Crippen molar-refractivity contribution in [3.05, 3.63) is 58.9 Å². The average molecular weight is 481 g/mol. The molecule has 32 heavy (non-hydrogen) atoms. The average Bonchev–Trinajstić information content (AvgIpc) is 2.80. The van der Waals surface area contributed by atoms with Crippen molar-refractivity contribution in [2.24, 2.45) is 0 Å². The molecule has 0 spiro atoms. The van der Waals surface area contributed by atoms with E-state index in [9.17, 15) is 14.0 Å². The summed E-state index contributed by atoms with van der Waals surface area (Å²) in [6.07, 6.45) is -0.566. The van der Waals surface area contributed by atoms with Gasteiger partial charge in [-0.2, -0.15) is 0 Å². The summed E-state index contributed by atoms with van der Waals surface area (Å²) < 4.78 is 30.0. The number of nitrogens with zero attached hydrogens (tertiary/aromatic N) is 1. The van der Waals surface area contributed by atoms with Crippen molar-refractivity contribution in [2.75, 3.05) is 38.7 Å². The predicted octanol–water partition coefficient (Wildman–Crippen LogP) is 3.70. The van der Waals surface area contributed by atoms with E-state index in [-0.39, 0.29) is 30.6 Å². The molecule has 1 N–H and O–H groups in total. The van der Waals surface area contributed by atoms with Crippen LogP contribution in [0.2, 0.25) is 5.02 Å². The van der Waals surface area contributed by atoms with Gasteiger partial charge in [0.15, 0.2) is 10.9 Å². The lowest BCUT2D eigenvalue weighted by atomic mass is 10.1. The number of hydrogen-bond donors (Lipinski definition) is 1. The van der Waals surface area contributed by atoms with Gasteiger partial charge in [0.2, 0.25) is 0 Å². The van der Waals surface area contributed by atoms with Crippen molar-refractivity contribution >= 4 is 46.4 Å². The number of Topliss-reactive ketones (excluding diaryl/α,β-unsaturated/α-hetero) is 1. The van der Waals surface area contributed by atoms with Crippen LogP contribution in [0.1, 0.15) is 16.8 Å². The maximum atomic E-state index is 14.0. The number of thiocarbonyl (C=S) groups is 1. The Labute approximate surface area is 195 Å². The Balaban J connectivity index is 1.50. The van der Waals surface area contributed by atoms with Crippen LogP contribution in [0.15, 0.2) is 42.5 Å². The molecule has 1 aliphatic rings. The number of nitrogens with one attached hydrogen (secondary N) is 1. The Morgan fingerprint density at radius 3 is 2.75 bits per heavy atom. The van der Waals surface area contributed by atoms with Crippen LogP contribution >= 0.6 is 23.8 Å². The molecule has 1 atom stereocenters. The number of halogens is 2. The SMILES string of the molecule is COC(=O)CC(=O)c1ccc(OCC2CN(C(=S)Nc3cc(Cl)ccc3F)CCO2)cc1. The highest BCUT2D eigenvalue weighted by molar-refractivity contribution is 7.80. The number of ketones is 1. The lowest BCUT2D eigenvalue weighted by Crippen LogP contribution is -2.49. The van der Waals surface area contributed by atoms with E-state index in [0.29, 0.717) is 41.1 Å². The molecule has 0 radical (unpaired) electrons. The Hall–Kier alpha value is -2.75. The Kier molecular flexibility index (Phi) is 8.38. The normalized spacial score (nSPS) is 15.7. The van der Waals surface area contributed by atoms with E-state index in [4.69, 9.17) is 33.3 Å². The molecule has 0 bridgehead atoms. The van der Waals surface area contributed by atoms with Gasteiger partial charge in [0.25, 0.3) is 0 Å². The van der Waals surface area contributed by atoms with Crippen LogP contribution in [0.4, 0.5) is 10.1 Å². The smallest absolute Gasteiger partial charge is 0.313 e. The van der Waals surface area contributed by atoms with E-state index in [1.165, 1.54) is 25.3 Å². The summed E-state index contributed by atoms with van der Waals surface area (Å²) in [6, 6.07) is 10.7. The largest absolute Gasteiger partial charge is 0.491 e. The third-order valence-electron chi connectivity index (χ3n) is 4.74. The van der Waals surface area contributed by atoms with E-state index in [2.05, 4.69) is 10.1 Å². The van der Waals surface area contributed by atoms with Crippen LogP contribution in [0, 0.1) is 5.82 Å². The third-order valence-corrected chi connectivity index (χ3v) is 5.34. The van der Waals surface area contributed by atoms with Crippen molar-refractivity contribution in [3.8, 4) is 5.75 Å². The molecule has 2 aromatic carbocycles. The highest BCUT2D eigenvalue weighted by atomic mass is 35.5. The summed E-state index contributed by atoms with van der Waals surface area (Å²) in [5.41, 5.74) is 0.608. The summed E-state index contributed by atoms with van der Waals surface area (Å²) in [4.78, 5) is 25.1. The molecular weight excluding hydrogens is 459 g/mol. The molecule has 3 rings (SSSR count). The minimum absolute atomic E-state index is 0.212. The third kappa shape index (κ3) is 6.62. The zero-order chi connectivity index (χ0) is 23.1. The first-order chi connectivity index (χ1) is 15.4. The van der Waals surface area contributed by atoms with Gasteiger partial charge in [-0.15, -0.1) is 0 Å². The Morgan fingerprint density at radius 2 is 2.03 bits per heavy atom. The maximum Gasteiger partial charge on any atom is 0.313 e. The van der Waals surface area contributed by atoms with Crippen molar-refractivity contribution in [1.82, 2.24) is 4.90 Å². The van der Waals surface area contributed by atoms with Gasteiger partial charge in [0.1, 0.15) is 30.7 Å². The van der Waals surface area contributed by atoms with Gasteiger partial charge in [-0.3, -0.25) is 9.59 Å². The summed E-state index contributed by atoms with van der Waals surface area (Å²) in [5.74, 6) is -0.799. The van der Waals surface area contributed by atoms with Gasteiger partial charge in [-0.05, 0) is 54.7 Å². The number of hydrogen-bond acceptors (Lipinski definition) is 6. The first-order valence-corrected chi connectivity index (χ1v) is 10.6. The number of esters is 1. The number of morpholine rings is 1. The fourth-order valence-corrected chi connectivity index (χ4v) is 3.47. The maximum absolute atomic E-state index is 14.0. The van der Waals surface area contributed by atoms with E-state index in [0.717, 1.165) is 0 Å². The molecule has 1 saturated heterocycles. The van der Waals surface area contributed by atoms with Crippen LogP contribution in [0.25, 0.3) is 0 Å². The monoisotopic (exact) mass is 480 g/mol. The van der Waals surface area contributed by atoms with Gasteiger partial charge in [-0.1, -0.05) is 11.6 Å². The van der Waals surface area contributed by atoms with Crippen molar-refractivity contribution in [1.29, 1.82) is 0 Å².